The van der Waals surface area contributed by atoms with Crippen molar-refractivity contribution in [2.24, 2.45) is 5.92 Å². The van der Waals surface area contributed by atoms with Crippen LogP contribution in [0.25, 0.3) is 0 Å². The standard InChI is InChI=1S/C11H19NOS/c1-9(2)11(7-13-3)12-6-10-4-5-14-8-10/h4-5,8-9,11-12H,6-7H2,1-3H3. The highest BCUT2D eigenvalue weighted by Crippen LogP contribution is 2.08. The lowest BCUT2D eigenvalue weighted by Crippen LogP contribution is -2.37. The van der Waals surface area contributed by atoms with Crippen LogP contribution >= 0.6 is 11.3 Å². The second-order valence-electron chi connectivity index (χ2n) is 3.82. The van der Waals surface area contributed by atoms with Gasteiger partial charge in [-0.2, -0.15) is 11.3 Å². The molecule has 0 saturated heterocycles. The molecular formula is C11H19NOS. The number of hydrogen-bond acceptors (Lipinski definition) is 3. The molecule has 1 unspecified atom stereocenters. The number of hydrogen-bond donors (Lipinski definition) is 1. The number of rotatable bonds is 6. The van der Waals surface area contributed by atoms with Gasteiger partial charge < -0.3 is 10.1 Å². The molecule has 0 radical (unpaired) electrons. The first-order valence-corrected chi connectivity index (χ1v) is 5.91. The summed E-state index contributed by atoms with van der Waals surface area (Å²) >= 11 is 1.74. The van der Waals surface area contributed by atoms with Crippen molar-refractivity contribution in [3.63, 3.8) is 0 Å². The molecule has 0 fully saturated rings. The van der Waals surface area contributed by atoms with E-state index in [2.05, 4.69) is 36.0 Å². The van der Waals surface area contributed by atoms with Crippen LogP contribution in [0.15, 0.2) is 16.8 Å². The summed E-state index contributed by atoms with van der Waals surface area (Å²) in [7, 11) is 1.75. The lowest BCUT2D eigenvalue weighted by atomic mass is 10.1. The minimum absolute atomic E-state index is 0.444. The van der Waals surface area contributed by atoms with E-state index in [0.717, 1.165) is 13.2 Å². The van der Waals surface area contributed by atoms with Gasteiger partial charge in [0.2, 0.25) is 0 Å². The first kappa shape index (κ1) is 11.7. The van der Waals surface area contributed by atoms with Gasteiger partial charge >= 0.3 is 0 Å². The van der Waals surface area contributed by atoms with Crippen LogP contribution in [0.4, 0.5) is 0 Å². The lowest BCUT2D eigenvalue weighted by Gasteiger charge is -2.21. The van der Waals surface area contributed by atoms with Crippen molar-refractivity contribution in [1.82, 2.24) is 5.32 Å². The Balaban J connectivity index is 2.33. The van der Waals surface area contributed by atoms with Crippen LogP contribution in [0.3, 0.4) is 0 Å². The molecular weight excluding hydrogens is 194 g/mol. The molecule has 1 heterocycles. The molecule has 2 nitrogen and oxygen atoms in total. The Morgan fingerprint density at radius 1 is 1.50 bits per heavy atom. The first-order valence-electron chi connectivity index (χ1n) is 4.97. The third-order valence-corrected chi connectivity index (χ3v) is 3.03. The van der Waals surface area contributed by atoms with E-state index in [-0.39, 0.29) is 0 Å². The topological polar surface area (TPSA) is 21.3 Å². The maximum Gasteiger partial charge on any atom is 0.0618 e. The normalized spacial score (nSPS) is 13.4. The molecule has 14 heavy (non-hydrogen) atoms. The van der Waals surface area contributed by atoms with E-state index >= 15 is 0 Å². The van der Waals surface area contributed by atoms with Crippen molar-refractivity contribution in [2.75, 3.05) is 13.7 Å². The largest absolute Gasteiger partial charge is 0.383 e. The van der Waals surface area contributed by atoms with Crippen LogP contribution in [-0.2, 0) is 11.3 Å². The average Bonchev–Trinajstić information content (AvgIpc) is 2.64. The lowest BCUT2D eigenvalue weighted by molar-refractivity contribution is 0.146. The maximum atomic E-state index is 5.18. The monoisotopic (exact) mass is 213 g/mol. The molecule has 1 N–H and O–H groups in total. The second-order valence-corrected chi connectivity index (χ2v) is 4.60. The fourth-order valence-electron chi connectivity index (χ4n) is 1.31. The van der Waals surface area contributed by atoms with E-state index in [4.69, 9.17) is 4.74 Å². The zero-order chi connectivity index (χ0) is 10.4. The van der Waals surface area contributed by atoms with Crippen LogP contribution in [-0.4, -0.2) is 19.8 Å². The third-order valence-electron chi connectivity index (χ3n) is 2.30. The van der Waals surface area contributed by atoms with E-state index in [1.54, 1.807) is 18.4 Å². The van der Waals surface area contributed by atoms with E-state index in [0.29, 0.717) is 12.0 Å². The molecule has 0 amide bonds. The van der Waals surface area contributed by atoms with Crippen LogP contribution in [0.1, 0.15) is 19.4 Å². The third kappa shape index (κ3) is 3.78. The quantitative estimate of drug-likeness (QED) is 0.784. The Hall–Kier alpha value is -0.380. The van der Waals surface area contributed by atoms with Gasteiger partial charge in [-0.05, 0) is 28.3 Å². The summed E-state index contributed by atoms with van der Waals surface area (Å²) in [4.78, 5) is 0. The number of nitrogens with one attached hydrogen (secondary N) is 1. The molecule has 0 bridgehead atoms. The predicted molar refractivity (Wildman–Crippen MR) is 61.7 cm³/mol. The Bertz CT molecular complexity index is 233. The summed E-state index contributed by atoms with van der Waals surface area (Å²) in [6.45, 7) is 6.14. The molecule has 80 valence electrons. The summed E-state index contributed by atoms with van der Waals surface area (Å²) < 4.78 is 5.18. The Morgan fingerprint density at radius 2 is 2.29 bits per heavy atom. The minimum atomic E-state index is 0.444. The maximum absolute atomic E-state index is 5.18. The van der Waals surface area contributed by atoms with Crippen molar-refractivity contribution in [3.05, 3.63) is 22.4 Å². The fourth-order valence-corrected chi connectivity index (χ4v) is 1.98. The van der Waals surface area contributed by atoms with E-state index in [1.165, 1.54) is 5.56 Å². The summed E-state index contributed by atoms with van der Waals surface area (Å²) in [5.74, 6) is 0.605. The van der Waals surface area contributed by atoms with Gasteiger partial charge in [0.05, 0.1) is 6.61 Å². The van der Waals surface area contributed by atoms with E-state index in [1.807, 2.05) is 0 Å². The SMILES string of the molecule is COCC(NCc1ccsc1)C(C)C. The number of thiophene rings is 1. The molecule has 0 aliphatic heterocycles. The molecule has 0 aliphatic carbocycles. The molecule has 0 aromatic carbocycles. The van der Waals surface area contributed by atoms with Gasteiger partial charge in [0.25, 0.3) is 0 Å². The van der Waals surface area contributed by atoms with Crippen LogP contribution in [0, 0.1) is 5.92 Å². The Kier molecular flexibility index (Phi) is 5.15. The van der Waals surface area contributed by atoms with Crippen molar-refractivity contribution in [1.29, 1.82) is 0 Å². The molecule has 0 saturated carbocycles. The molecule has 3 heteroatoms. The molecule has 0 spiro atoms. The average molecular weight is 213 g/mol. The van der Waals surface area contributed by atoms with Gasteiger partial charge in [-0.25, -0.2) is 0 Å². The van der Waals surface area contributed by atoms with Gasteiger partial charge in [-0.1, -0.05) is 13.8 Å². The van der Waals surface area contributed by atoms with E-state index in [9.17, 15) is 0 Å². The highest BCUT2D eigenvalue weighted by atomic mass is 32.1. The smallest absolute Gasteiger partial charge is 0.0618 e. The highest BCUT2D eigenvalue weighted by Gasteiger charge is 2.11. The van der Waals surface area contributed by atoms with Crippen LogP contribution < -0.4 is 5.32 Å². The van der Waals surface area contributed by atoms with Gasteiger partial charge in [0.15, 0.2) is 0 Å². The Morgan fingerprint density at radius 3 is 2.79 bits per heavy atom. The Labute approximate surface area is 90.3 Å². The molecule has 1 aromatic rings. The summed E-state index contributed by atoms with van der Waals surface area (Å²) in [5.41, 5.74) is 1.36. The second kappa shape index (κ2) is 6.17. The number of methoxy groups -OCH3 is 1. The minimum Gasteiger partial charge on any atom is -0.383 e. The van der Waals surface area contributed by atoms with Gasteiger partial charge in [0.1, 0.15) is 0 Å². The van der Waals surface area contributed by atoms with Crippen LogP contribution in [0.2, 0.25) is 0 Å². The summed E-state index contributed by atoms with van der Waals surface area (Å²) in [6.07, 6.45) is 0. The van der Waals surface area contributed by atoms with Crippen LogP contribution in [0.5, 0.6) is 0 Å². The fraction of sp³-hybridized carbons (Fsp3) is 0.636. The van der Waals surface area contributed by atoms with Crippen molar-refractivity contribution in [3.8, 4) is 0 Å². The molecule has 1 aromatic heterocycles. The van der Waals surface area contributed by atoms with Gasteiger partial charge in [-0.15, -0.1) is 0 Å². The van der Waals surface area contributed by atoms with Crippen molar-refractivity contribution < 1.29 is 4.74 Å². The molecule has 1 rings (SSSR count). The zero-order valence-electron chi connectivity index (χ0n) is 9.12. The molecule has 0 aliphatic rings. The highest BCUT2D eigenvalue weighted by molar-refractivity contribution is 7.07. The van der Waals surface area contributed by atoms with Crippen molar-refractivity contribution >= 4 is 11.3 Å². The van der Waals surface area contributed by atoms with Crippen molar-refractivity contribution in [2.45, 2.75) is 26.4 Å². The first-order chi connectivity index (χ1) is 6.74. The molecule has 1 atom stereocenters. The van der Waals surface area contributed by atoms with E-state index < -0.39 is 0 Å². The number of ether oxygens (including phenoxy) is 1. The summed E-state index contributed by atoms with van der Waals surface area (Å²) in [6, 6.07) is 2.60. The van der Waals surface area contributed by atoms with Gasteiger partial charge in [-0.3, -0.25) is 0 Å². The summed E-state index contributed by atoms with van der Waals surface area (Å²) in [5, 5.41) is 7.79. The predicted octanol–water partition coefficient (Wildman–Crippen LogP) is 2.51. The zero-order valence-corrected chi connectivity index (χ0v) is 9.93. The van der Waals surface area contributed by atoms with Gasteiger partial charge in [0, 0.05) is 19.7 Å².